The summed E-state index contributed by atoms with van der Waals surface area (Å²) >= 11 is 11.7. The summed E-state index contributed by atoms with van der Waals surface area (Å²) in [5, 5.41) is 0.988. The lowest BCUT2D eigenvalue weighted by molar-refractivity contribution is 0.0317. The number of halogens is 2. The zero-order valence-electron chi connectivity index (χ0n) is 8.08. The first-order chi connectivity index (χ1) is 7.25. The van der Waals surface area contributed by atoms with Gasteiger partial charge in [0, 0.05) is 18.4 Å². The van der Waals surface area contributed by atoms with E-state index in [1.165, 1.54) is 0 Å². The summed E-state index contributed by atoms with van der Waals surface area (Å²) in [4.78, 5) is 3.95. The number of nitrogens with zero attached hydrogens (tertiary/aromatic N) is 1. The van der Waals surface area contributed by atoms with E-state index >= 15 is 0 Å². The molecule has 5 heteroatoms. The lowest BCUT2D eigenvalue weighted by Crippen LogP contribution is -2.12. The van der Waals surface area contributed by atoms with Gasteiger partial charge < -0.3 is 9.47 Å². The van der Waals surface area contributed by atoms with E-state index in [4.69, 9.17) is 32.7 Å². The standard InChI is InChI=1S/C10H11Cl2NO2/c11-9-3-10(12)13-4-7(9)5-15-8-1-2-14-6-8/h3-4,8H,1-2,5-6H2. The summed E-state index contributed by atoms with van der Waals surface area (Å²) < 4.78 is 10.8. The first kappa shape index (κ1) is 11.1. The van der Waals surface area contributed by atoms with Crippen molar-refractivity contribution in [1.29, 1.82) is 0 Å². The van der Waals surface area contributed by atoms with Crippen molar-refractivity contribution in [1.82, 2.24) is 4.98 Å². The fraction of sp³-hybridized carbons (Fsp3) is 0.500. The summed E-state index contributed by atoms with van der Waals surface area (Å²) in [6.07, 6.45) is 2.76. The van der Waals surface area contributed by atoms with Crippen molar-refractivity contribution < 1.29 is 9.47 Å². The maximum Gasteiger partial charge on any atom is 0.130 e. The first-order valence-corrected chi connectivity index (χ1v) is 5.50. The molecule has 2 heterocycles. The monoisotopic (exact) mass is 247 g/mol. The number of rotatable bonds is 3. The topological polar surface area (TPSA) is 31.4 Å². The molecule has 1 atom stereocenters. The van der Waals surface area contributed by atoms with Crippen molar-refractivity contribution >= 4 is 23.2 Å². The number of pyridine rings is 1. The van der Waals surface area contributed by atoms with Crippen molar-refractivity contribution in [2.45, 2.75) is 19.1 Å². The molecule has 15 heavy (non-hydrogen) atoms. The van der Waals surface area contributed by atoms with Gasteiger partial charge >= 0.3 is 0 Å². The molecule has 0 spiro atoms. The molecule has 0 aromatic carbocycles. The second-order valence-corrected chi connectivity index (χ2v) is 4.19. The van der Waals surface area contributed by atoms with Crippen molar-refractivity contribution in [2.75, 3.05) is 13.2 Å². The van der Waals surface area contributed by atoms with Gasteiger partial charge in [-0.1, -0.05) is 23.2 Å². The minimum absolute atomic E-state index is 0.178. The molecule has 1 unspecified atom stereocenters. The lowest BCUT2D eigenvalue weighted by atomic mass is 10.3. The predicted octanol–water partition coefficient (Wildman–Crippen LogP) is 2.69. The molecule has 1 aliphatic heterocycles. The van der Waals surface area contributed by atoms with E-state index < -0.39 is 0 Å². The van der Waals surface area contributed by atoms with Crippen LogP contribution in [0.5, 0.6) is 0 Å². The highest BCUT2D eigenvalue weighted by Gasteiger charge is 2.16. The van der Waals surface area contributed by atoms with Crippen molar-refractivity contribution in [3.05, 3.63) is 28.0 Å². The minimum atomic E-state index is 0.178. The highest BCUT2D eigenvalue weighted by molar-refractivity contribution is 6.34. The molecule has 0 radical (unpaired) electrons. The molecule has 0 bridgehead atoms. The smallest absolute Gasteiger partial charge is 0.130 e. The van der Waals surface area contributed by atoms with E-state index in [0.29, 0.717) is 23.4 Å². The Balaban J connectivity index is 1.92. The molecule has 1 aliphatic rings. The molecule has 1 saturated heterocycles. The van der Waals surface area contributed by atoms with E-state index in [-0.39, 0.29) is 6.10 Å². The second kappa shape index (κ2) is 5.12. The third kappa shape index (κ3) is 3.05. The van der Waals surface area contributed by atoms with Crippen LogP contribution in [0.15, 0.2) is 12.3 Å². The zero-order valence-corrected chi connectivity index (χ0v) is 9.59. The largest absolute Gasteiger partial charge is 0.379 e. The summed E-state index contributed by atoms with van der Waals surface area (Å²) in [6.45, 7) is 1.90. The fourth-order valence-electron chi connectivity index (χ4n) is 1.39. The fourth-order valence-corrected chi connectivity index (χ4v) is 1.81. The van der Waals surface area contributed by atoms with E-state index in [9.17, 15) is 0 Å². The third-order valence-electron chi connectivity index (χ3n) is 2.26. The Hall–Kier alpha value is -0.350. The number of aromatic nitrogens is 1. The molecule has 0 aliphatic carbocycles. The molecule has 3 nitrogen and oxygen atoms in total. The Kier molecular flexibility index (Phi) is 3.81. The van der Waals surface area contributed by atoms with Gasteiger partial charge in [0.2, 0.25) is 0 Å². The molecule has 0 N–H and O–H groups in total. The quantitative estimate of drug-likeness (QED) is 0.770. The van der Waals surface area contributed by atoms with Crippen LogP contribution in [0.4, 0.5) is 0 Å². The van der Waals surface area contributed by atoms with E-state index in [1.54, 1.807) is 12.3 Å². The van der Waals surface area contributed by atoms with Crippen molar-refractivity contribution in [3.8, 4) is 0 Å². The van der Waals surface area contributed by atoms with Crippen LogP contribution in [0.1, 0.15) is 12.0 Å². The molecular weight excluding hydrogens is 237 g/mol. The van der Waals surface area contributed by atoms with Crippen molar-refractivity contribution in [2.24, 2.45) is 0 Å². The molecular formula is C10H11Cl2NO2. The van der Waals surface area contributed by atoms with Gasteiger partial charge in [0.25, 0.3) is 0 Å². The SMILES string of the molecule is Clc1cc(Cl)c(COC2CCOC2)cn1. The Morgan fingerprint density at radius 3 is 3.07 bits per heavy atom. The van der Waals surface area contributed by atoms with Crippen LogP contribution < -0.4 is 0 Å². The molecule has 82 valence electrons. The Morgan fingerprint density at radius 2 is 2.40 bits per heavy atom. The van der Waals surface area contributed by atoms with Gasteiger partial charge in [-0.25, -0.2) is 4.98 Å². The third-order valence-corrected chi connectivity index (χ3v) is 2.82. The molecule has 1 aromatic heterocycles. The molecule has 0 saturated carbocycles. The maximum atomic E-state index is 5.98. The summed E-state index contributed by atoms with van der Waals surface area (Å²) in [7, 11) is 0. The average molecular weight is 248 g/mol. The van der Waals surface area contributed by atoms with Crippen LogP contribution in [-0.2, 0) is 16.1 Å². The van der Waals surface area contributed by atoms with Crippen molar-refractivity contribution in [3.63, 3.8) is 0 Å². The Labute approximate surface area is 98.3 Å². The van der Waals surface area contributed by atoms with Crippen LogP contribution in [0.2, 0.25) is 10.2 Å². The summed E-state index contributed by atoms with van der Waals surface area (Å²) in [5.74, 6) is 0. The van der Waals surface area contributed by atoms with Gasteiger partial charge in [-0.3, -0.25) is 0 Å². The first-order valence-electron chi connectivity index (χ1n) is 4.75. The minimum Gasteiger partial charge on any atom is -0.379 e. The molecule has 2 rings (SSSR count). The van der Waals surface area contributed by atoms with Gasteiger partial charge in [0.1, 0.15) is 5.15 Å². The van der Waals surface area contributed by atoms with E-state index in [2.05, 4.69) is 4.98 Å². The van der Waals surface area contributed by atoms with Crippen LogP contribution in [-0.4, -0.2) is 24.3 Å². The Bertz CT molecular complexity index is 340. The molecule has 1 aromatic rings. The van der Waals surface area contributed by atoms with Crippen LogP contribution in [0, 0.1) is 0 Å². The maximum absolute atomic E-state index is 5.98. The number of hydrogen-bond donors (Lipinski definition) is 0. The molecule has 0 amide bonds. The van der Waals surface area contributed by atoms with Crippen LogP contribution in [0.3, 0.4) is 0 Å². The van der Waals surface area contributed by atoms with Crippen LogP contribution in [0.25, 0.3) is 0 Å². The van der Waals surface area contributed by atoms with E-state index in [1.807, 2.05) is 0 Å². The van der Waals surface area contributed by atoms with Gasteiger partial charge in [0.05, 0.1) is 24.3 Å². The van der Waals surface area contributed by atoms with Gasteiger partial charge in [-0.2, -0.15) is 0 Å². The Morgan fingerprint density at radius 1 is 1.53 bits per heavy atom. The van der Waals surface area contributed by atoms with Gasteiger partial charge in [0.15, 0.2) is 0 Å². The normalized spacial score (nSPS) is 20.8. The summed E-state index contributed by atoms with van der Waals surface area (Å²) in [6, 6.07) is 1.62. The van der Waals surface area contributed by atoms with Crippen LogP contribution >= 0.6 is 23.2 Å². The van der Waals surface area contributed by atoms with Gasteiger partial charge in [-0.05, 0) is 12.5 Å². The highest BCUT2D eigenvalue weighted by atomic mass is 35.5. The summed E-state index contributed by atoms with van der Waals surface area (Å²) in [5.41, 5.74) is 0.855. The van der Waals surface area contributed by atoms with E-state index in [0.717, 1.165) is 18.6 Å². The average Bonchev–Trinajstić information content (AvgIpc) is 2.69. The molecule has 1 fully saturated rings. The number of hydrogen-bond acceptors (Lipinski definition) is 3. The highest BCUT2D eigenvalue weighted by Crippen LogP contribution is 2.20. The lowest BCUT2D eigenvalue weighted by Gasteiger charge is -2.10. The number of ether oxygens (including phenoxy) is 2. The predicted molar refractivity (Wildman–Crippen MR) is 58.3 cm³/mol. The van der Waals surface area contributed by atoms with Gasteiger partial charge in [-0.15, -0.1) is 0 Å². The zero-order chi connectivity index (χ0) is 10.7. The second-order valence-electron chi connectivity index (χ2n) is 3.40.